The molecule has 4 aromatic rings. The largest absolute Gasteiger partial charge is 0.452 e. The number of fused-ring (bicyclic) bond motifs is 4. The summed E-state index contributed by atoms with van der Waals surface area (Å²) in [6.07, 6.45) is 4.94. The summed E-state index contributed by atoms with van der Waals surface area (Å²) < 4.78 is 62.1. The first kappa shape index (κ1) is 21.1. The van der Waals surface area contributed by atoms with Crippen molar-refractivity contribution in [1.29, 1.82) is 0 Å². The maximum absolute atomic E-state index is 13.6. The Morgan fingerprint density at radius 1 is 1.24 bits per heavy atom. The molecule has 0 unspecified atom stereocenters. The standard InChI is InChI=1S/C22H17F2N3O5S/c1-33(29,30)26-13-2-4-17-15(10-13)19-14(3-5-18(20(19)31-17)32-22(23)24)21(28)27-9-7-12-11-25-8-6-16(12)27/h2-6,8,10-11,22,26H,7,9H2,1H3. The van der Waals surface area contributed by atoms with Crippen LogP contribution in [0.4, 0.5) is 20.2 Å². The van der Waals surface area contributed by atoms with Gasteiger partial charge >= 0.3 is 6.61 Å². The van der Waals surface area contributed by atoms with Crippen molar-refractivity contribution in [3.05, 3.63) is 59.9 Å². The highest BCUT2D eigenvalue weighted by Gasteiger charge is 2.29. The minimum absolute atomic E-state index is 0.0261. The minimum Gasteiger partial charge on any atom is -0.452 e. The third kappa shape index (κ3) is 3.84. The Hall–Kier alpha value is -3.73. The first-order valence-electron chi connectivity index (χ1n) is 9.88. The van der Waals surface area contributed by atoms with Crippen molar-refractivity contribution < 1.29 is 31.1 Å². The van der Waals surface area contributed by atoms with Gasteiger partial charge in [-0.25, -0.2) is 8.42 Å². The molecule has 0 fully saturated rings. The fourth-order valence-corrected chi connectivity index (χ4v) is 4.64. The zero-order valence-corrected chi connectivity index (χ0v) is 18.0. The summed E-state index contributed by atoms with van der Waals surface area (Å²) >= 11 is 0. The monoisotopic (exact) mass is 473 g/mol. The number of benzene rings is 2. The number of rotatable bonds is 5. The molecule has 0 saturated heterocycles. The summed E-state index contributed by atoms with van der Waals surface area (Å²) in [6.45, 7) is -2.66. The van der Waals surface area contributed by atoms with Gasteiger partial charge in [0.05, 0.1) is 17.5 Å². The summed E-state index contributed by atoms with van der Waals surface area (Å²) in [5, 5.41) is 0.642. The van der Waals surface area contributed by atoms with E-state index in [4.69, 9.17) is 4.42 Å². The van der Waals surface area contributed by atoms with E-state index >= 15 is 0 Å². The molecule has 0 saturated carbocycles. The van der Waals surface area contributed by atoms with Crippen LogP contribution >= 0.6 is 0 Å². The highest BCUT2D eigenvalue weighted by molar-refractivity contribution is 7.92. The van der Waals surface area contributed by atoms with Crippen molar-refractivity contribution in [1.82, 2.24) is 4.98 Å². The molecule has 1 amide bonds. The predicted molar refractivity (Wildman–Crippen MR) is 118 cm³/mol. The smallest absolute Gasteiger partial charge is 0.387 e. The van der Waals surface area contributed by atoms with Crippen LogP contribution in [0.25, 0.3) is 21.9 Å². The van der Waals surface area contributed by atoms with Gasteiger partial charge in [0.2, 0.25) is 10.0 Å². The Bertz CT molecular complexity index is 1520. The number of amides is 1. The summed E-state index contributed by atoms with van der Waals surface area (Å²) in [6, 6.07) is 8.89. The zero-order chi connectivity index (χ0) is 23.3. The minimum atomic E-state index is -3.56. The number of anilines is 2. The Morgan fingerprint density at radius 3 is 2.82 bits per heavy atom. The molecular formula is C22H17F2N3O5S. The van der Waals surface area contributed by atoms with Gasteiger partial charge in [0.1, 0.15) is 5.58 Å². The summed E-state index contributed by atoms with van der Waals surface area (Å²) in [5.74, 6) is -0.575. The molecule has 2 aromatic heterocycles. The first-order valence-corrected chi connectivity index (χ1v) is 11.8. The molecule has 5 rings (SSSR count). The number of sulfonamides is 1. The number of halogens is 2. The Labute approximate surface area is 186 Å². The van der Waals surface area contributed by atoms with Gasteiger partial charge in [-0.1, -0.05) is 0 Å². The summed E-state index contributed by atoms with van der Waals surface area (Å²) in [7, 11) is -3.56. The van der Waals surface area contributed by atoms with Crippen LogP contribution in [0.2, 0.25) is 0 Å². The van der Waals surface area contributed by atoms with Gasteiger partial charge in [0, 0.05) is 35.4 Å². The third-order valence-corrected chi connectivity index (χ3v) is 5.96. The lowest BCUT2D eigenvalue weighted by Gasteiger charge is -2.18. The third-order valence-electron chi connectivity index (χ3n) is 5.35. The fraction of sp³-hybridized carbons (Fsp3) is 0.182. The van der Waals surface area contributed by atoms with Gasteiger partial charge in [0.15, 0.2) is 11.3 Å². The topological polar surface area (TPSA) is 102 Å². The van der Waals surface area contributed by atoms with Crippen LogP contribution in [-0.4, -0.2) is 38.7 Å². The van der Waals surface area contributed by atoms with Crippen molar-refractivity contribution >= 4 is 49.2 Å². The highest BCUT2D eigenvalue weighted by Crippen LogP contribution is 2.40. The van der Waals surface area contributed by atoms with Gasteiger partial charge in [-0.15, -0.1) is 0 Å². The molecule has 0 bridgehead atoms. The number of nitrogens with zero attached hydrogens (tertiary/aromatic N) is 2. The van der Waals surface area contributed by atoms with Crippen LogP contribution in [0.1, 0.15) is 15.9 Å². The van der Waals surface area contributed by atoms with Crippen LogP contribution in [0.15, 0.2) is 53.2 Å². The molecule has 2 aromatic carbocycles. The molecule has 8 nitrogen and oxygen atoms in total. The lowest BCUT2D eigenvalue weighted by atomic mass is 10.0. The molecule has 1 N–H and O–H groups in total. The lowest BCUT2D eigenvalue weighted by Crippen LogP contribution is -2.29. The molecule has 1 aliphatic rings. The molecular weight excluding hydrogens is 456 g/mol. The average molecular weight is 473 g/mol. The van der Waals surface area contributed by atoms with Crippen LogP contribution in [0.5, 0.6) is 5.75 Å². The number of aromatic nitrogens is 1. The Kier molecular flexibility index (Phi) is 4.93. The quantitative estimate of drug-likeness (QED) is 0.467. The second kappa shape index (κ2) is 7.69. The maximum Gasteiger partial charge on any atom is 0.387 e. The second-order valence-corrected chi connectivity index (χ2v) is 9.34. The Balaban J connectivity index is 1.72. The molecule has 0 spiro atoms. The predicted octanol–water partition coefficient (Wildman–Crippen LogP) is 4.16. The number of ether oxygens (including phenoxy) is 1. The van der Waals surface area contributed by atoms with E-state index in [1.54, 1.807) is 23.4 Å². The second-order valence-electron chi connectivity index (χ2n) is 7.59. The van der Waals surface area contributed by atoms with E-state index in [9.17, 15) is 22.0 Å². The maximum atomic E-state index is 13.6. The van der Waals surface area contributed by atoms with E-state index < -0.39 is 16.6 Å². The van der Waals surface area contributed by atoms with E-state index in [-0.39, 0.29) is 39.5 Å². The van der Waals surface area contributed by atoms with Crippen molar-refractivity contribution in [2.75, 3.05) is 22.4 Å². The zero-order valence-electron chi connectivity index (χ0n) is 17.2. The molecule has 0 atom stereocenters. The number of hydrogen-bond acceptors (Lipinski definition) is 6. The molecule has 11 heteroatoms. The van der Waals surface area contributed by atoms with Gasteiger partial charge in [-0.2, -0.15) is 8.78 Å². The van der Waals surface area contributed by atoms with Gasteiger partial charge in [0.25, 0.3) is 5.91 Å². The van der Waals surface area contributed by atoms with Crippen LogP contribution in [-0.2, 0) is 16.4 Å². The molecule has 0 aliphatic carbocycles. The normalized spacial score (nSPS) is 13.6. The van der Waals surface area contributed by atoms with Crippen molar-refractivity contribution in [2.24, 2.45) is 0 Å². The van der Waals surface area contributed by atoms with E-state index in [0.29, 0.717) is 18.4 Å². The molecule has 3 heterocycles. The molecule has 1 aliphatic heterocycles. The number of nitrogens with one attached hydrogen (secondary N) is 1. The number of furan rings is 1. The fourth-order valence-electron chi connectivity index (χ4n) is 4.09. The number of hydrogen-bond donors (Lipinski definition) is 1. The summed E-state index contributed by atoms with van der Waals surface area (Å²) in [5.41, 5.74) is 2.37. The Morgan fingerprint density at radius 2 is 2.06 bits per heavy atom. The average Bonchev–Trinajstić information content (AvgIpc) is 3.34. The van der Waals surface area contributed by atoms with Crippen LogP contribution in [0, 0.1) is 0 Å². The van der Waals surface area contributed by atoms with Crippen LogP contribution < -0.4 is 14.4 Å². The van der Waals surface area contributed by atoms with Gasteiger partial charge in [-0.3, -0.25) is 14.5 Å². The number of pyridine rings is 1. The highest BCUT2D eigenvalue weighted by atomic mass is 32.2. The van der Waals surface area contributed by atoms with Gasteiger partial charge < -0.3 is 14.1 Å². The number of carbonyl (C=O) groups is 1. The number of carbonyl (C=O) groups excluding carboxylic acids is 1. The lowest BCUT2D eigenvalue weighted by molar-refractivity contribution is -0.0493. The van der Waals surface area contributed by atoms with Crippen LogP contribution in [0.3, 0.4) is 0 Å². The van der Waals surface area contributed by atoms with E-state index in [2.05, 4.69) is 14.4 Å². The first-order chi connectivity index (χ1) is 15.7. The van der Waals surface area contributed by atoms with E-state index in [1.165, 1.54) is 30.3 Å². The SMILES string of the molecule is CS(=O)(=O)Nc1ccc2oc3c(OC(F)F)ccc(C(=O)N4CCc5cnccc54)c3c2c1. The van der Waals surface area contributed by atoms with Crippen molar-refractivity contribution in [3.8, 4) is 5.75 Å². The van der Waals surface area contributed by atoms with Gasteiger partial charge in [-0.05, 0) is 48.4 Å². The number of alkyl halides is 2. The summed E-state index contributed by atoms with van der Waals surface area (Å²) in [4.78, 5) is 19.3. The van der Waals surface area contributed by atoms with E-state index in [0.717, 1.165) is 17.5 Å². The molecule has 33 heavy (non-hydrogen) atoms. The molecule has 0 radical (unpaired) electrons. The van der Waals surface area contributed by atoms with E-state index in [1.807, 2.05) is 0 Å². The van der Waals surface area contributed by atoms with Crippen molar-refractivity contribution in [3.63, 3.8) is 0 Å². The van der Waals surface area contributed by atoms with Crippen molar-refractivity contribution in [2.45, 2.75) is 13.0 Å². The molecule has 170 valence electrons.